The van der Waals surface area contributed by atoms with E-state index in [1.165, 1.54) is 12.1 Å². The predicted octanol–water partition coefficient (Wildman–Crippen LogP) is 4.36. The van der Waals surface area contributed by atoms with Gasteiger partial charge in [0.05, 0.1) is 6.54 Å². The van der Waals surface area contributed by atoms with E-state index in [0.717, 1.165) is 16.2 Å². The molecular formula is C23H23F4N5O. The first-order valence-corrected chi connectivity index (χ1v) is 10.3. The molecule has 0 saturated carbocycles. The van der Waals surface area contributed by atoms with Gasteiger partial charge in [-0.2, -0.15) is 13.2 Å². The molecule has 0 spiro atoms. The fourth-order valence-corrected chi connectivity index (χ4v) is 3.66. The van der Waals surface area contributed by atoms with Gasteiger partial charge < -0.3 is 20.5 Å². The average Bonchev–Trinajstić information content (AvgIpc) is 3.12. The van der Waals surface area contributed by atoms with Gasteiger partial charge in [0.1, 0.15) is 23.2 Å². The molecule has 2 heterocycles. The van der Waals surface area contributed by atoms with Crippen LogP contribution in [0.5, 0.6) is 0 Å². The number of hydrogen-bond acceptors (Lipinski definition) is 4. The topological polar surface area (TPSA) is 76.2 Å². The molecule has 2 aromatic carbocycles. The Morgan fingerprint density at radius 2 is 1.70 bits per heavy atom. The zero-order valence-electron chi connectivity index (χ0n) is 18.1. The van der Waals surface area contributed by atoms with Gasteiger partial charge in [-0.1, -0.05) is 17.7 Å². The van der Waals surface area contributed by atoms with E-state index in [2.05, 4.69) is 10.3 Å². The van der Waals surface area contributed by atoms with E-state index in [0.29, 0.717) is 29.8 Å². The number of nitrogens with two attached hydrogens (primary N) is 1. The summed E-state index contributed by atoms with van der Waals surface area (Å²) < 4.78 is 55.2. The summed E-state index contributed by atoms with van der Waals surface area (Å²) in [5, 5.41) is 3.32. The third-order valence-corrected chi connectivity index (χ3v) is 5.72. The molecule has 1 aliphatic heterocycles. The minimum Gasteiger partial charge on any atom is -0.340 e. The Hall–Kier alpha value is -3.40. The zero-order valence-corrected chi connectivity index (χ0v) is 18.1. The second-order valence-corrected chi connectivity index (χ2v) is 8.30. The lowest BCUT2D eigenvalue weighted by Gasteiger charge is -2.35. The minimum atomic E-state index is -4.88. The van der Waals surface area contributed by atoms with Crippen molar-refractivity contribution in [2.75, 3.05) is 11.9 Å². The van der Waals surface area contributed by atoms with E-state index in [9.17, 15) is 22.4 Å². The fourth-order valence-electron chi connectivity index (χ4n) is 3.66. The summed E-state index contributed by atoms with van der Waals surface area (Å²) in [4.78, 5) is 18.3. The Labute approximate surface area is 188 Å². The molecule has 3 N–H and O–H groups in total. The van der Waals surface area contributed by atoms with Crippen LogP contribution in [0, 0.1) is 12.7 Å². The van der Waals surface area contributed by atoms with Crippen molar-refractivity contribution in [2.24, 2.45) is 5.73 Å². The quantitative estimate of drug-likeness (QED) is 0.566. The summed E-state index contributed by atoms with van der Waals surface area (Å²) in [7, 11) is 0. The lowest BCUT2D eigenvalue weighted by Crippen LogP contribution is -2.62. The highest BCUT2D eigenvalue weighted by Gasteiger charge is 2.55. The number of aryl methyl sites for hydroxylation is 1. The number of carbonyl (C=O) groups excluding carboxylic acids is 1. The van der Waals surface area contributed by atoms with E-state index in [4.69, 9.17) is 5.73 Å². The average molecular weight is 461 g/mol. The zero-order chi connectivity index (χ0) is 24.0. The second-order valence-electron chi connectivity index (χ2n) is 8.30. The number of alkyl halides is 3. The van der Waals surface area contributed by atoms with Crippen molar-refractivity contribution in [3.63, 3.8) is 0 Å². The number of amides is 1. The van der Waals surface area contributed by atoms with Gasteiger partial charge in [0.2, 0.25) is 0 Å². The van der Waals surface area contributed by atoms with Crippen LogP contribution in [-0.2, 0) is 17.9 Å². The number of aromatic nitrogens is 2. The molecular weight excluding hydrogens is 438 g/mol. The van der Waals surface area contributed by atoms with Crippen LogP contribution in [0.25, 0.3) is 11.3 Å². The molecule has 3 aromatic rings. The maximum absolute atomic E-state index is 13.5. The largest absolute Gasteiger partial charge is 0.415 e. The number of hydrogen-bond donors (Lipinski definition) is 2. The number of imidazole rings is 1. The first-order chi connectivity index (χ1) is 15.5. The minimum absolute atomic E-state index is 0.0382. The molecule has 4 rings (SSSR count). The summed E-state index contributed by atoms with van der Waals surface area (Å²) >= 11 is 0. The number of nitrogens with one attached hydrogen (secondary N) is 1. The molecule has 10 heteroatoms. The Bertz CT molecular complexity index is 1170. The highest BCUT2D eigenvalue weighted by molar-refractivity contribution is 5.87. The summed E-state index contributed by atoms with van der Waals surface area (Å²) in [6, 6.07) is 13.4. The summed E-state index contributed by atoms with van der Waals surface area (Å²) in [6.07, 6.45) is -4.88. The Kier molecular flexibility index (Phi) is 5.65. The standard InChI is InChI=1S/C23H23F4N5O/c1-14-3-9-17(10-4-14)29-20-19(15-5-7-16(24)8-6-15)30-18-13-31(11-12-32(18)20)21(33)22(2,28)23(25,26)27/h3-10,29H,11-13,28H2,1-2H3. The molecule has 0 fully saturated rings. The molecule has 0 aliphatic carbocycles. The van der Waals surface area contributed by atoms with Gasteiger partial charge >= 0.3 is 6.18 Å². The number of nitrogens with zero attached hydrogens (tertiary/aromatic N) is 3. The van der Waals surface area contributed by atoms with E-state index in [1.54, 1.807) is 12.1 Å². The van der Waals surface area contributed by atoms with Crippen molar-refractivity contribution in [3.05, 3.63) is 65.7 Å². The van der Waals surface area contributed by atoms with Gasteiger partial charge in [0.15, 0.2) is 5.54 Å². The van der Waals surface area contributed by atoms with Crippen molar-refractivity contribution >= 4 is 17.4 Å². The number of benzene rings is 2. The normalized spacial score (nSPS) is 15.7. The highest BCUT2D eigenvalue weighted by atomic mass is 19.4. The lowest BCUT2D eigenvalue weighted by atomic mass is 10.0. The number of anilines is 2. The number of halogens is 4. The number of carbonyl (C=O) groups is 1. The van der Waals surface area contributed by atoms with Crippen LogP contribution in [0.1, 0.15) is 18.3 Å². The number of fused-ring (bicyclic) bond motifs is 1. The van der Waals surface area contributed by atoms with Gasteiger partial charge in [-0.3, -0.25) is 4.79 Å². The maximum atomic E-state index is 13.5. The van der Waals surface area contributed by atoms with Crippen molar-refractivity contribution in [1.82, 2.24) is 14.5 Å². The molecule has 0 saturated heterocycles. The van der Waals surface area contributed by atoms with E-state index < -0.39 is 23.4 Å². The molecule has 6 nitrogen and oxygen atoms in total. The fraction of sp³-hybridized carbons (Fsp3) is 0.304. The van der Waals surface area contributed by atoms with Gasteiger partial charge in [0, 0.05) is 24.3 Å². The third kappa shape index (κ3) is 4.30. The van der Waals surface area contributed by atoms with Gasteiger partial charge in [0.25, 0.3) is 5.91 Å². The van der Waals surface area contributed by atoms with Crippen LogP contribution >= 0.6 is 0 Å². The Morgan fingerprint density at radius 3 is 2.30 bits per heavy atom. The van der Waals surface area contributed by atoms with Gasteiger partial charge in [-0.15, -0.1) is 0 Å². The third-order valence-electron chi connectivity index (χ3n) is 5.72. The van der Waals surface area contributed by atoms with Crippen molar-refractivity contribution in [1.29, 1.82) is 0 Å². The van der Waals surface area contributed by atoms with Crippen LogP contribution < -0.4 is 11.1 Å². The molecule has 1 unspecified atom stereocenters. The van der Waals surface area contributed by atoms with Gasteiger partial charge in [-0.05, 0) is 50.2 Å². The second kappa shape index (κ2) is 8.18. The first kappa shape index (κ1) is 22.8. The van der Waals surface area contributed by atoms with Crippen molar-refractivity contribution in [2.45, 2.75) is 38.7 Å². The van der Waals surface area contributed by atoms with Crippen molar-refractivity contribution in [3.8, 4) is 11.3 Å². The molecule has 174 valence electrons. The van der Waals surface area contributed by atoms with Crippen LogP contribution in [0.2, 0.25) is 0 Å². The summed E-state index contributed by atoms with van der Waals surface area (Å²) in [6.45, 7) is 2.76. The van der Waals surface area contributed by atoms with E-state index in [1.807, 2.05) is 35.8 Å². The van der Waals surface area contributed by atoms with E-state index >= 15 is 0 Å². The lowest BCUT2D eigenvalue weighted by molar-refractivity contribution is -0.194. The molecule has 1 amide bonds. The SMILES string of the molecule is Cc1ccc(Nc2c(-c3ccc(F)cc3)nc3n2CCN(C(=O)C(C)(N)C(F)(F)F)C3)cc1. The van der Waals surface area contributed by atoms with E-state index in [-0.39, 0.29) is 19.6 Å². The molecule has 1 aliphatic rings. The molecule has 0 radical (unpaired) electrons. The summed E-state index contributed by atoms with van der Waals surface area (Å²) in [5.41, 5.74) is 5.36. The van der Waals surface area contributed by atoms with Crippen LogP contribution in [-0.4, -0.2) is 38.6 Å². The Morgan fingerprint density at radius 1 is 1.06 bits per heavy atom. The molecule has 33 heavy (non-hydrogen) atoms. The predicted molar refractivity (Wildman–Crippen MR) is 116 cm³/mol. The smallest absolute Gasteiger partial charge is 0.340 e. The first-order valence-electron chi connectivity index (χ1n) is 10.3. The van der Waals surface area contributed by atoms with Gasteiger partial charge in [-0.25, -0.2) is 9.37 Å². The Balaban J connectivity index is 1.72. The maximum Gasteiger partial charge on any atom is 0.415 e. The van der Waals surface area contributed by atoms with Crippen molar-refractivity contribution < 1.29 is 22.4 Å². The van der Waals surface area contributed by atoms with Crippen LogP contribution in [0.4, 0.5) is 29.1 Å². The van der Waals surface area contributed by atoms with Crippen LogP contribution in [0.15, 0.2) is 48.5 Å². The molecule has 1 atom stereocenters. The highest BCUT2D eigenvalue weighted by Crippen LogP contribution is 2.35. The summed E-state index contributed by atoms with van der Waals surface area (Å²) in [5.74, 6) is -0.594. The molecule has 0 bridgehead atoms. The number of rotatable bonds is 4. The van der Waals surface area contributed by atoms with Crippen LogP contribution in [0.3, 0.4) is 0 Å². The molecule has 1 aromatic heterocycles. The monoisotopic (exact) mass is 461 g/mol.